The van der Waals surface area contributed by atoms with Gasteiger partial charge in [-0.05, 0) is 18.6 Å². The smallest absolute Gasteiger partial charge is 0.223 e. The second-order valence-corrected chi connectivity index (χ2v) is 9.88. The average molecular weight is 440 g/mol. The number of likely N-dealkylation sites (N-methyl/N-ethyl adjacent to an activating group) is 1. The molecule has 178 valence electrons. The quantitative estimate of drug-likeness (QED) is 0.254. The lowest BCUT2D eigenvalue weighted by molar-refractivity contribution is -0.126. The fraction of sp³-hybridized carbons (Fsp3) is 0.714. The molecule has 2 aromatic rings. The molecule has 1 amide bonds. The zero-order valence-corrected chi connectivity index (χ0v) is 20.7. The van der Waals surface area contributed by atoms with Gasteiger partial charge in [-0.1, -0.05) is 103 Å². The number of imidazole rings is 1. The molecule has 1 fully saturated rings. The first-order chi connectivity index (χ1) is 15.7. The molecule has 1 aliphatic rings. The first-order valence-electron chi connectivity index (χ1n) is 13.4. The highest BCUT2D eigenvalue weighted by atomic mass is 16.2. The highest BCUT2D eigenvalue weighted by Crippen LogP contribution is 2.30. The van der Waals surface area contributed by atoms with E-state index in [-0.39, 0.29) is 11.8 Å². The number of unbranched alkanes of at least 4 members (excludes halogenated alkanes) is 13. The van der Waals surface area contributed by atoms with Crippen LogP contribution in [0.5, 0.6) is 0 Å². The maximum absolute atomic E-state index is 12.1. The summed E-state index contributed by atoms with van der Waals surface area (Å²) in [6.07, 6.45) is 20.0. The van der Waals surface area contributed by atoms with E-state index in [0.717, 1.165) is 24.4 Å². The van der Waals surface area contributed by atoms with E-state index in [2.05, 4.69) is 35.8 Å². The fourth-order valence-corrected chi connectivity index (χ4v) is 5.14. The van der Waals surface area contributed by atoms with Crippen molar-refractivity contribution in [1.82, 2.24) is 14.5 Å². The number of hydrogen-bond acceptors (Lipinski definition) is 2. The molecule has 1 aliphatic heterocycles. The number of hydrogen-bond donors (Lipinski definition) is 0. The van der Waals surface area contributed by atoms with Crippen LogP contribution in [0.15, 0.2) is 24.3 Å². The lowest BCUT2D eigenvalue weighted by Crippen LogP contribution is -2.19. The second-order valence-electron chi connectivity index (χ2n) is 9.88. The molecule has 4 heteroatoms. The minimum absolute atomic E-state index is 0.228. The van der Waals surface area contributed by atoms with Gasteiger partial charge in [-0.15, -0.1) is 0 Å². The summed E-state index contributed by atoms with van der Waals surface area (Å²) in [7, 11) is 1.91. The van der Waals surface area contributed by atoms with Gasteiger partial charge in [0, 0.05) is 32.5 Å². The molecule has 3 rings (SSSR count). The zero-order chi connectivity index (χ0) is 22.6. The number of aromatic nitrogens is 2. The van der Waals surface area contributed by atoms with E-state index in [1.165, 1.54) is 95.4 Å². The fourth-order valence-electron chi connectivity index (χ4n) is 5.14. The molecule has 1 aromatic heterocycles. The molecule has 32 heavy (non-hydrogen) atoms. The van der Waals surface area contributed by atoms with Crippen LogP contribution in [-0.4, -0.2) is 34.0 Å². The van der Waals surface area contributed by atoms with Gasteiger partial charge in [-0.2, -0.15) is 0 Å². The Morgan fingerprint density at radius 3 is 1.97 bits per heavy atom. The average Bonchev–Trinajstić information content (AvgIpc) is 3.33. The van der Waals surface area contributed by atoms with Crippen molar-refractivity contribution in [2.24, 2.45) is 0 Å². The summed E-state index contributed by atoms with van der Waals surface area (Å²) < 4.78 is 2.40. The zero-order valence-electron chi connectivity index (χ0n) is 20.7. The summed E-state index contributed by atoms with van der Waals surface area (Å²) in [5.41, 5.74) is 2.29. The Morgan fingerprint density at radius 2 is 1.41 bits per heavy atom. The molecule has 0 N–H and O–H groups in total. The molecule has 0 radical (unpaired) electrons. The van der Waals surface area contributed by atoms with Crippen LogP contribution in [0, 0.1) is 0 Å². The monoisotopic (exact) mass is 439 g/mol. The third-order valence-electron chi connectivity index (χ3n) is 7.13. The van der Waals surface area contributed by atoms with Crippen LogP contribution in [0.3, 0.4) is 0 Å². The third kappa shape index (κ3) is 7.35. The molecule has 1 saturated heterocycles. The largest absolute Gasteiger partial charge is 0.345 e. The predicted molar refractivity (Wildman–Crippen MR) is 135 cm³/mol. The molecule has 1 aromatic carbocycles. The van der Waals surface area contributed by atoms with Crippen LogP contribution in [0.25, 0.3) is 11.0 Å². The van der Waals surface area contributed by atoms with E-state index >= 15 is 0 Å². The maximum Gasteiger partial charge on any atom is 0.223 e. The number of aryl methyl sites for hydroxylation is 1. The van der Waals surface area contributed by atoms with Crippen molar-refractivity contribution in [3.63, 3.8) is 0 Å². The van der Waals surface area contributed by atoms with E-state index in [1.807, 2.05) is 11.9 Å². The van der Waals surface area contributed by atoms with Crippen LogP contribution >= 0.6 is 0 Å². The van der Waals surface area contributed by atoms with Gasteiger partial charge in [0.15, 0.2) is 0 Å². The Morgan fingerprint density at radius 1 is 0.844 bits per heavy atom. The Balaban J connectivity index is 1.33. The molecule has 0 saturated carbocycles. The van der Waals surface area contributed by atoms with Gasteiger partial charge >= 0.3 is 0 Å². The van der Waals surface area contributed by atoms with E-state index in [9.17, 15) is 4.79 Å². The number of rotatable bonds is 16. The Hall–Kier alpha value is -1.84. The first kappa shape index (κ1) is 24.8. The summed E-state index contributed by atoms with van der Waals surface area (Å²) in [6.45, 7) is 4.10. The minimum Gasteiger partial charge on any atom is -0.345 e. The number of likely N-dealkylation sites (tertiary alicyclic amines) is 1. The lowest BCUT2D eigenvalue weighted by Gasteiger charge is -2.14. The lowest BCUT2D eigenvalue weighted by atomic mass is 10.0. The van der Waals surface area contributed by atoms with E-state index < -0.39 is 0 Å². The number of carbonyl (C=O) groups is 1. The number of fused-ring (bicyclic) bond motifs is 1. The van der Waals surface area contributed by atoms with Crippen molar-refractivity contribution < 1.29 is 4.79 Å². The molecular formula is C28H45N3O. The van der Waals surface area contributed by atoms with Crippen LogP contribution in [0.4, 0.5) is 0 Å². The second kappa shape index (κ2) is 13.6. The summed E-state index contributed by atoms with van der Waals surface area (Å²) in [4.78, 5) is 18.9. The highest BCUT2D eigenvalue weighted by molar-refractivity contribution is 5.80. The Bertz CT molecular complexity index is 812. The van der Waals surface area contributed by atoms with E-state index in [1.54, 1.807) is 0 Å². The molecule has 0 spiro atoms. The highest BCUT2D eigenvalue weighted by Gasteiger charge is 2.31. The van der Waals surface area contributed by atoms with Crippen LogP contribution in [0.2, 0.25) is 0 Å². The summed E-state index contributed by atoms with van der Waals surface area (Å²) in [5, 5.41) is 0. The van der Waals surface area contributed by atoms with Crippen molar-refractivity contribution in [3.8, 4) is 0 Å². The molecule has 0 bridgehead atoms. The number of benzene rings is 1. The SMILES string of the molecule is CCCCCCCCCCCCCCCCn1c(C2CC(=O)N(C)C2)nc2ccccc21. The van der Waals surface area contributed by atoms with E-state index in [0.29, 0.717) is 6.42 Å². The van der Waals surface area contributed by atoms with Gasteiger partial charge < -0.3 is 9.47 Å². The summed E-state index contributed by atoms with van der Waals surface area (Å²) in [5.74, 6) is 1.58. The van der Waals surface area contributed by atoms with Gasteiger partial charge in [0.1, 0.15) is 5.82 Å². The predicted octanol–water partition coefficient (Wildman–Crippen LogP) is 7.46. The summed E-state index contributed by atoms with van der Waals surface area (Å²) >= 11 is 0. The van der Waals surface area contributed by atoms with Gasteiger partial charge in [0.25, 0.3) is 0 Å². The van der Waals surface area contributed by atoms with Crippen LogP contribution < -0.4 is 0 Å². The number of carbonyl (C=O) groups excluding carboxylic acids is 1. The minimum atomic E-state index is 0.228. The number of para-hydroxylation sites is 2. The standard InChI is InChI=1S/C28H45N3O/c1-3-4-5-6-7-8-9-10-11-12-13-14-15-18-21-31-26-20-17-16-19-25(26)29-28(31)24-22-27(32)30(2)23-24/h16-17,19-20,24H,3-15,18,21-23H2,1-2H3. The number of nitrogens with zero attached hydrogens (tertiary/aromatic N) is 3. The van der Waals surface area contributed by atoms with Crippen molar-refractivity contribution in [2.75, 3.05) is 13.6 Å². The summed E-state index contributed by atoms with van der Waals surface area (Å²) in [6, 6.07) is 8.43. The molecular weight excluding hydrogens is 394 g/mol. The third-order valence-corrected chi connectivity index (χ3v) is 7.13. The van der Waals surface area contributed by atoms with Gasteiger partial charge in [0.05, 0.1) is 11.0 Å². The molecule has 1 atom stereocenters. The number of amides is 1. The van der Waals surface area contributed by atoms with Gasteiger partial charge in [0.2, 0.25) is 5.91 Å². The molecule has 4 nitrogen and oxygen atoms in total. The molecule has 1 unspecified atom stereocenters. The van der Waals surface area contributed by atoms with Crippen molar-refractivity contribution in [2.45, 2.75) is 116 Å². The van der Waals surface area contributed by atoms with Crippen molar-refractivity contribution in [1.29, 1.82) is 0 Å². The topological polar surface area (TPSA) is 38.1 Å². The van der Waals surface area contributed by atoms with Crippen molar-refractivity contribution >= 4 is 16.9 Å². The van der Waals surface area contributed by atoms with Crippen LogP contribution in [-0.2, 0) is 11.3 Å². The Kier molecular flexibility index (Phi) is 10.6. The van der Waals surface area contributed by atoms with Crippen molar-refractivity contribution in [3.05, 3.63) is 30.1 Å². The first-order valence-corrected chi connectivity index (χ1v) is 13.4. The molecule has 0 aliphatic carbocycles. The van der Waals surface area contributed by atoms with Gasteiger partial charge in [-0.3, -0.25) is 4.79 Å². The Labute approximate surface area is 195 Å². The maximum atomic E-state index is 12.1. The normalized spacial score (nSPS) is 16.5. The van der Waals surface area contributed by atoms with Crippen LogP contribution in [0.1, 0.15) is 115 Å². The van der Waals surface area contributed by atoms with Gasteiger partial charge in [-0.25, -0.2) is 4.98 Å². The molecule has 2 heterocycles. The van der Waals surface area contributed by atoms with E-state index in [4.69, 9.17) is 4.98 Å².